The molecule has 0 fully saturated rings. The molecule has 2 aliphatic rings. The molecule has 0 spiro atoms. The van der Waals surface area contributed by atoms with Crippen LogP contribution in [0.4, 0.5) is 15.3 Å². The molecule has 0 aromatic heterocycles. The minimum Gasteiger partial charge on any atom is -0.508 e. The number of carbonyl (C=O) groups excluding carboxylic acids is 4. The molecule has 13 heteroatoms. The summed E-state index contributed by atoms with van der Waals surface area (Å²) in [5.74, 6) is -2.63. The van der Waals surface area contributed by atoms with Crippen molar-refractivity contribution in [2.75, 3.05) is 18.4 Å². The number of aromatic hydroxyl groups is 1. The second kappa shape index (κ2) is 16.4. The third-order valence-electron chi connectivity index (χ3n) is 8.79. The molecule has 2 aliphatic carbocycles. The van der Waals surface area contributed by atoms with Gasteiger partial charge in [-0.25, -0.2) is 14.4 Å². The number of hydrogen-bond donors (Lipinski definition) is 7. The van der Waals surface area contributed by atoms with E-state index in [1.807, 2.05) is 24.3 Å². The van der Waals surface area contributed by atoms with Crippen LogP contribution in [0.2, 0.25) is 0 Å². The number of anilines is 1. The van der Waals surface area contributed by atoms with Gasteiger partial charge in [0.25, 0.3) is 0 Å². The van der Waals surface area contributed by atoms with Crippen LogP contribution in [0, 0.1) is 5.92 Å². The van der Waals surface area contributed by atoms with Crippen LogP contribution in [0.5, 0.6) is 5.75 Å². The Labute approximate surface area is 293 Å². The summed E-state index contributed by atoms with van der Waals surface area (Å²) >= 11 is 0. The molecule has 0 saturated carbocycles. The van der Waals surface area contributed by atoms with E-state index in [4.69, 9.17) is 10.2 Å². The molecule has 5 rings (SSSR count). The second-order valence-electron chi connectivity index (χ2n) is 12.5. The number of fused-ring (bicyclic) bond motifs is 2. The number of allylic oxidation sites excluding steroid dienone is 4. The van der Waals surface area contributed by atoms with Crippen LogP contribution >= 0.6 is 0 Å². The first kappa shape index (κ1) is 36.1. The lowest BCUT2D eigenvalue weighted by Crippen LogP contribution is -2.46. The molecule has 0 saturated heterocycles. The summed E-state index contributed by atoms with van der Waals surface area (Å²) in [5.41, 5.74) is 6.17. The van der Waals surface area contributed by atoms with Crippen LogP contribution < -0.4 is 21.3 Å². The number of phenolic OH excluding ortho intramolecular Hbond substituents is 1. The molecule has 0 bridgehead atoms. The fourth-order valence-corrected chi connectivity index (χ4v) is 6.29. The van der Waals surface area contributed by atoms with Crippen molar-refractivity contribution in [3.05, 3.63) is 118 Å². The highest BCUT2D eigenvalue weighted by Gasteiger charge is 2.34. The van der Waals surface area contributed by atoms with Crippen molar-refractivity contribution in [3.8, 4) is 5.75 Å². The number of aliphatic carboxylic acids is 2. The first-order chi connectivity index (χ1) is 24.4. The lowest BCUT2D eigenvalue weighted by molar-refractivity contribution is -0.140. The Hall–Kier alpha value is -6.24. The molecule has 0 aliphatic heterocycles. The van der Waals surface area contributed by atoms with Crippen molar-refractivity contribution in [2.45, 2.75) is 44.1 Å². The van der Waals surface area contributed by atoms with Gasteiger partial charge in [0.05, 0.1) is 6.54 Å². The third kappa shape index (κ3) is 9.91. The van der Waals surface area contributed by atoms with Crippen LogP contribution in [0.1, 0.15) is 46.6 Å². The van der Waals surface area contributed by atoms with E-state index in [1.165, 1.54) is 0 Å². The number of rotatable bonds is 14. The Balaban J connectivity index is 1.06. The summed E-state index contributed by atoms with van der Waals surface area (Å²) in [4.78, 5) is 71.2. The fourth-order valence-electron chi connectivity index (χ4n) is 6.29. The first-order valence-corrected chi connectivity index (χ1v) is 16.4. The van der Waals surface area contributed by atoms with Gasteiger partial charge in [-0.05, 0) is 83.5 Å². The molecular formula is C38H38N4O9. The Morgan fingerprint density at radius 2 is 1.59 bits per heavy atom. The minimum atomic E-state index is -1.32. The zero-order valence-corrected chi connectivity index (χ0v) is 27.6. The summed E-state index contributed by atoms with van der Waals surface area (Å²) < 4.78 is 0. The van der Waals surface area contributed by atoms with Gasteiger partial charge in [-0.1, -0.05) is 54.1 Å². The van der Waals surface area contributed by atoms with E-state index in [0.717, 1.165) is 33.4 Å². The van der Waals surface area contributed by atoms with E-state index in [1.54, 1.807) is 60.7 Å². The zero-order valence-electron chi connectivity index (χ0n) is 27.6. The van der Waals surface area contributed by atoms with E-state index in [-0.39, 0.29) is 61.5 Å². The highest BCUT2D eigenvalue weighted by Crippen LogP contribution is 2.46. The molecule has 3 aromatic carbocycles. The van der Waals surface area contributed by atoms with Crippen molar-refractivity contribution in [3.63, 3.8) is 0 Å². The van der Waals surface area contributed by atoms with Crippen molar-refractivity contribution in [1.82, 2.24) is 16.0 Å². The topological polar surface area (TPSA) is 211 Å². The number of urea groups is 2. The first-order valence-electron chi connectivity index (χ1n) is 16.4. The molecule has 0 radical (unpaired) electrons. The van der Waals surface area contributed by atoms with Crippen LogP contribution in [0.25, 0.3) is 0 Å². The molecule has 51 heavy (non-hydrogen) atoms. The summed E-state index contributed by atoms with van der Waals surface area (Å²) in [5, 5.41) is 38.1. The van der Waals surface area contributed by atoms with E-state index in [9.17, 15) is 33.9 Å². The molecule has 13 nitrogen and oxygen atoms in total. The smallest absolute Gasteiger partial charge is 0.326 e. The normalized spacial score (nSPS) is 16.5. The molecule has 3 aromatic rings. The largest absolute Gasteiger partial charge is 0.508 e. The number of phenols is 1. The predicted molar refractivity (Wildman–Crippen MR) is 187 cm³/mol. The molecule has 2 unspecified atom stereocenters. The minimum absolute atomic E-state index is 0.00112. The highest BCUT2D eigenvalue weighted by atomic mass is 16.4. The molecule has 0 heterocycles. The third-order valence-corrected chi connectivity index (χ3v) is 8.79. The lowest BCUT2D eigenvalue weighted by atomic mass is 9.68. The number of nitrogens with one attached hydrogen (secondary N) is 4. The SMILES string of the molecule is O=C1C=CC2C(=C1)Cc1cc(O)ccc1C2c1ccc(NC(=O)NCC(=O)Cc2ccc(CCNC(=O)N[C@@H](CCC(=O)O)C(=O)O)cc2)cc1. The van der Waals surface area contributed by atoms with Gasteiger partial charge in [0.2, 0.25) is 0 Å². The van der Waals surface area contributed by atoms with Crippen molar-refractivity contribution in [1.29, 1.82) is 0 Å². The number of hydrogen-bond acceptors (Lipinski definition) is 7. The van der Waals surface area contributed by atoms with Crippen molar-refractivity contribution >= 4 is 41.3 Å². The molecule has 3 atom stereocenters. The van der Waals surface area contributed by atoms with E-state index >= 15 is 0 Å². The number of benzene rings is 3. The molecule has 7 N–H and O–H groups in total. The van der Waals surface area contributed by atoms with Gasteiger partial charge in [0, 0.05) is 36.9 Å². The standard InChI is InChI=1S/C38H38N4O9/c43-28-9-11-31-25(19-28)18-26-20-29(44)10-12-32(26)35(31)24-5-7-27(8-6-24)41-38(51)40-21-30(45)17-23-3-1-22(2-4-23)15-16-39-37(50)42-33(36(48)49)13-14-34(46)47/h1-12,19-20,31,33,35,44H,13-18,21H2,(H,46,47)(H,48,49)(H2,39,42,50)(H2,40,41,51)/t31?,33-,35?/m0/s1. The lowest BCUT2D eigenvalue weighted by Gasteiger charge is -2.36. The van der Waals surface area contributed by atoms with Gasteiger partial charge in [-0.2, -0.15) is 0 Å². The summed E-state index contributed by atoms with van der Waals surface area (Å²) in [6.45, 7) is 0.0252. The fraction of sp³-hybridized carbons (Fsp3) is 0.263. The average Bonchev–Trinajstić information content (AvgIpc) is 3.09. The van der Waals surface area contributed by atoms with E-state index < -0.39 is 30.0 Å². The van der Waals surface area contributed by atoms with Crippen LogP contribution in [0.15, 0.2) is 90.5 Å². The van der Waals surface area contributed by atoms with Crippen LogP contribution in [-0.4, -0.2) is 70.0 Å². The van der Waals surface area contributed by atoms with Gasteiger partial charge in [-0.15, -0.1) is 0 Å². The Morgan fingerprint density at radius 1 is 0.863 bits per heavy atom. The van der Waals surface area contributed by atoms with Crippen LogP contribution in [-0.2, 0) is 38.4 Å². The molecular weight excluding hydrogens is 656 g/mol. The maximum atomic E-state index is 12.6. The van der Waals surface area contributed by atoms with Crippen molar-refractivity contribution < 1.29 is 44.1 Å². The number of carboxylic acid groups (broad SMARTS) is 2. The Bertz CT molecular complexity index is 1880. The highest BCUT2D eigenvalue weighted by molar-refractivity contribution is 6.01. The maximum Gasteiger partial charge on any atom is 0.326 e. The zero-order chi connectivity index (χ0) is 36.5. The number of Topliss-reactive ketones (excluding diaryl/α,β-unsaturated/α-hetero) is 1. The van der Waals surface area contributed by atoms with Gasteiger partial charge >= 0.3 is 24.0 Å². The number of ketones is 2. The van der Waals surface area contributed by atoms with E-state index in [0.29, 0.717) is 18.5 Å². The summed E-state index contributed by atoms with van der Waals surface area (Å²) in [6.07, 6.45) is 5.69. The Morgan fingerprint density at radius 3 is 2.29 bits per heavy atom. The second-order valence-corrected chi connectivity index (χ2v) is 12.5. The monoisotopic (exact) mass is 694 g/mol. The van der Waals surface area contributed by atoms with Crippen LogP contribution in [0.3, 0.4) is 0 Å². The van der Waals surface area contributed by atoms with Crippen molar-refractivity contribution in [2.24, 2.45) is 5.92 Å². The predicted octanol–water partition coefficient (Wildman–Crippen LogP) is 3.85. The summed E-state index contributed by atoms with van der Waals surface area (Å²) in [7, 11) is 0. The van der Waals surface area contributed by atoms with Gasteiger partial charge in [-0.3, -0.25) is 14.4 Å². The molecule has 264 valence electrons. The van der Waals surface area contributed by atoms with Gasteiger partial charge < -0.3 is 36.6 Å². The van der Waals surface area contributed by atoms with E-state index in [2.05, 4.69) is 21.3 Å². The van der Waals surface area contributed by atoms with Gasteiger partial charge in [0.15, 0.2) is 11.6 Å². The number of carboxylic acids is 2. The summed E-state index contributed by atoms with van der Waals surface area (Å²) in [6, 6.07) is 17.3. The number of carbonyl (C=O) groups is 6. The molecule has 4 amide bonds. The van der Waals surface area contributed by atoms with Gasteiger partial charge in [0.1, 0.15) is 11.8 Å². The quantitative estimate of drug-likeness (QED) is 0.130. The number of amides is 4. The Kier molecular flexibility index (Phi) is 11.6. The average molecular weight is 695 g/mol. The maximum absolute atomic E-state index is 12.6.